The molecule has 0 saturated carbocycles. The molecule has 0 saturated heterocycles. The van der Waals surface area contributed by atoms with E-state index in [1.54, 1.807) is 13.8 Å². The minimum Gasteiger partial charge on any atom is -0.480 e. The maximum Gasteiger partial charge on any atom is 0.407 e. The summed E-state index contributed by atoms with van der Waals surface area (Å²) in [6.07, 6.45) is -0.150. The van der Waals surface area contributed by atoms with Crippen molar-refractivity contribution in [2.75, 3.05) is 6.61 Å². The second-order valence-electron chi connectivity index (χ2n) is 12.1. The van der Waals surface area contributed by atoms with Crippen LogP contribution >= 0.6 is 0 Å². The summed E-state index contributed by atoms with van der Waals surface area (Å²) in [7, 11) is 0. The summed E-state index contributed by atoms with van der Waals surface area (Å²) in [5.41, 5.74) is 2.49. The number of alkyl carbamates (subject to hydrolysis) is 1. The number of fused-ring (bicyclic) bond motifs is 3. The standard InChI is InChI=1S/C35H46N2O9/c1-7-34(5,8-2)45-29(38)19-27(31(40)36-28(32(41)42)20-30(39)46-35(6,9-3)10-4)37-33(43)44-21-26-24-17-13-11-15-22(24)23-16-12-14-18-25(23)26/h11-18,26-28H,7-10,19-21H2,1-6H3,(H,36,40)(H,37,43)(H,41,42)/t27-,28-/m0/s1. The van der Waals surface area contributed by atoms with Gasteiger partial charge in [0.1, 0.15) is 29.9 Å². The Morgan fingerprint density at radius 3 is 1.59 bits per heavy atom. The maximum atomic E-state index is 13.4. The molecule has 3 N–H and O–H groups in total. The van der Waals surface area contributed by atoms with Gasteiger partial charge in [0.2, 0.25) is 5.91 Å². The number of aliphatic carboxylic acids is 1. The molecule has 46 heavy (non-hydrogen) atoms. The molecule has 3 rings (SSSR count). The normalized spacial score (nSPS) is 13.9. The number of hydrogen-bond donors (Lipinski definition) is 3. The van der Waals surface area contributed by atoms with E-state index in [2.05, 4.69) is 10.6 Å². The second-order valence-corrected chi connectivity index (χ2v) is 12.1. The largest absolute Gasteiger partial charge is 0.480 e. The molecule has 0 heterocycles. The minimum atomic E-state index is -1.67. The van der Waals surface area contributed by atoms with E-state index in [1.165, 1.54) is 0 Å². The van der Waals surface area contributed by atoms with Crippen LogP contribution in [0.4, 0.5) is 4.79 Å². The number of carbonyl (C=O) groups excluding carboxylic acids is 4. The van der Waals surface area contributed by atoms with Gasteiger partial charge in [0.25, 0.3) is 0 Å². The zero-order valence-electron chi connectivity index (χ0n) is 27.5. The fraction of sp³-hybridized carbons (Fsp3) is 0.514. The molecule has 0 bridgehead atoms. The van der Waals surface area contributed by atoms with Gasteiger partial charge in [0.05, 0.1) is 12.8 Å². The van der Waals surface area contributed by atoms with Gasteiger partial charge in [-0.3, -0.25) is 14.4 Å². The Morgan fingerprint density at radius 2 is 1.15 bits per heavy atom. The van der Waals surface area contributed by atoms with Crippen LogP contribution < -0.4 is 10.6 Å². The maximum absolute atomic E-state index is 13.4. The highest BCUT2D eigenvalue weighted by Gasteiger charge is 2.35. The number of esters is 2. The Bertz CT molecular complexity index is 1370. The third kappa shape index (κ3) is 9.08. The summed E-state index contributed by atoms with van der Waals surface area (Å²) < 4.78 is 16.7. The summed E-state index contributed by atoms with van der Waals surface area (Å²) in [4.78, 5) is 64.1. The third-order valence-electron chi connectivity index (χ3n) is 9.02. The summed E-state index contributed by atoms with van der Waals surface area (Å²) in [5.74, 6) is -4.29. The highest BCUT2D eigenvalue weighted by atomic mass is 16.6. The van der Waals surface area contributed by atoms with Gasteiger partial charge in [0, 0.05) is 5.92 Å². The van der Waals surface area contributed by atoms with Crippen molar-refractivity contribution in [3.8, 4) is 11.1 Å². The average molecular weight is 639 g/mol. The fourth-order valence-corrected chi connectivity index (χ4v) is 5.22. The highest BCUT2D eigenvalue weighted by molar-refractivity contribution is 5.93. The second kappa shape index (κ2) is 15.7. The summed E-state index contributed by atoms with van der Waals surface area (Å²) in [5, 5.41) is 14.5. The number of amides is 2. The molecule has 1 aliphatic rings. The predicted octanol–water partition coefficient (Wildman–Crippen LogP) is 5.49. The van der Waals surface area contributed by atoms with Crippen LogP contribution in [-0.4, -0.2) is 64.9 Å². The van der Waals surface area contributed by atoms with Gasteiger partial charge in [-0.15, -0.1) is 0 Å². The number of carboxylic acid groups (broad SMARTS) is 1. The SMILES string of the molecule is CCC(C)(CC)OC(=O)C[C@H](NC(=O)[C@H](CC(=O)OC(C)(CC)CC)NC(=O)OCC1c2ccccc2-c2ccccc21)C(=O)O. The predicted molar refractivity (Wildman–Crippen MR) is 171 cm³/mol. The van der Waals surface area contributed by atoms with Gasteiger partial charge in [0.15, 0.2) is 0 Å². The van der Waals surface area contributed by atoms with E-state index in [0.29, 0.717) is 25.7 Å². The van der Waals surface area contributed by atoms with Crippen molar-refractivity contribution in [3.63, 3.8) is 0 Å². The number of rotatable bonds is 16. The van der Waals surface area contributed by atoms with E-state index in [1.807, 2.05) is 76.2 Å². The average Bonchev–Trinajstić information content (AvgIpc) is 3.36. The first-order chi connectivity index (χ1) is 21.8. The first kappa shape index (κ1) is 36.1. The van der Waals surface area contributed by atoms with Gasteiger partial charge in [-0.25, -0.2) is 9.59 Å². The molecule has 0 aliphatic heterocycles. The van der Waals surface area contributed by atoms with Crippen molar-refractivity contribution in [2.45, 2.75) is 109 Å². The van der Waals surface area contributed by atoms with E-state index in [4.69, 9.17) is 14.2 Å². The molecular formula is C35H46N2O9. The zero-order chi connectivity index (χ0) is 34.1. The molecule has 0 spiro atoms. The lowest BCUT2D eigenvalue weighted by atomic mass is 9.98. The van der Waals surface area contributed by atoms with Crippen molar-refractivity contribution < 1.29 is 43.3 Å². The third-order valence-corrected chi connectivity index (χ3v) is 9.02. The molecule has 2 amide bonds. The van der Waals surface area contributed by atoms with E-state index in [-0.39, 0.29) is 12.5 Å². The summed E-state index contributed by atoms with van der Waals surface area (Å²) >= 11 is 0. The van der Waals surface area contributed by atoms with Crippen molar-refractivity contribution in [1.82, 2.24) is 10.6 Å². The number of carboxylic acids is 1. The first-order valence-electron chi connectivity index (χ1n) is 15.9. The first-order valence-corrected chi connectivity index (χ1v) is 15.9. The van der Waals surface area contributed by atoms with Crippen LogP contribution in [0.2, 0.25) is 0 Å². The minimum absolute atomic E-state index is 0.0421. The lowest BCUT2D eigenvalue weighted by Crippen LogP contribution is -2.53. The van der Waals surface area contributed by atoms with Crippen molar-refractivity contribution in [1.29, 1.82) is 0 Å². The molecule has 0 aromatic heterocycles. The van der Waals surface area contributed by atoms with E-state index < -0.39 is 66.0 Å². The van der Waals surface area contributed by atoms with Gasteiger partial charge in [-0.2, -0.15) is 0 Å². The molecule has 250 valence electrons. The lowest BCUT2D eigenvalue weighted by molar-refractivity contribution is -0.163. The summed E-state index contributed by atoms with van der Waals surface area (Å²) in [6.45, 7) is 10.8. The van der Waals surface area contributed by atoms with E-state index in [0.717, 1.165) is 22.3 Å². The molecular weight excluding hydrogens is 592 g/mol. The van der Waals surface area contributed by atoms with Gasteiger partial charge >= 0.3 is 24.0 Å². The van der Waals surface area contributed by atoms with Crippen LogP contribution in [0.3, 0.4) is 0 Å². The smallest absolute Gasteiger partial charge is 0.407 e. The van der Waals surface area contributed by atoms with Crippen molar-refractivity contribution >= 4 is 29.9 Å². The molecule has 0 fully saturated rings. The number of ether oxygens (including phenoxy) is 3. The van der Waals surface area contributed by atoms with Crippen molar-refractivity contribution in [2.24, 2.45) is 0 Å². The van der Waals surface area contributed by atoms with Crippen LogP contribution in [-0.2, 0) is 33.4 Å². The summed E-state index contributed by atoms with van der Waals surface area (Å²) in [6, 6.07) is 12.4. The van der Waals surface area contributed by atoms with Crippen LogP contribution in [0.15, 0.2) is 48.5 Å². The number of nitrogens with one attached hydrogen (secondary N) is 2. The van der Waals surface area contributed by atoms with Crippen LogP contribution in [0.25, 0.3) is 11.1 Å². The topological polar surface area (TPSA) is 157 Å². The van der Waals surface area contributed by atoms with Gasteiger partial charge in [-0.05, 0) is 61.8 Å². The Morgan fingerprint density at radius 1 is 0.717 bits per heavy atom. The zero-order valence-corrected chi connectivity index (χ0v) is 27.5. The molecule has 0 radical (unpaired) electrons. The molecule has 0 unspecified atom stereocenters. The Labute approximate surface area is 270 Å². The quantitative estimate of drug-likeness (QED) is 0.160. The molecule has 2 atom stereocenters. The van der Waals surface area contributed by atoms with Gasteiger partial charge < -0.3 is 30.0 Å². The van der Waals surface area contributed by atoms with E-state index in [9.17, 15) is 29.1 Å². The fourth-order valence-electron chi connectivity index (χ4n) is 5.22. The molecule has 2 aromatic carbocycles. The van der Waals surface area contributed by atoms with Crippen LogP contribution in [0, 0.1) is 0 Å². The molecule has 11 nitrogen and oxygen atoms in total. The Hall–Kier alpha value is -4.41. The van der Waals surface area contributed by atoms with Crippen LogP contribution in [0.5, 0.6) is 0 Å². The number of benzene rings is 2. The van der Waals surface area contributed by atoms with Gasteiger partial charge in [-0.1, -0.05) is 76.2 Å². The van der Waals surface area contributed by atoms with Crippen molar-refractivity contribution in [3.05, 3.63) is 59.7 Å². The monoisotopic (exact) mass is 638 g/mol. The highest BCUT2D eigenvalue weighted by Crippen LogP contribution is 2.44. The Balaban J connectivity index is 1.75. The Kier molecular flexibility index (Phi) is 12.3. The van der Waals surface area contributed by atoms with E-state index >= 15 is 0 Å². The number of carbonyl (C=O) groups is 5. The van der Waals surface area contributed by atoms with Crippen LogP contribution in [0.1, 0.15) is 97.1 Å². The molecule has 2 aromatic rings. The molecule has 1 aliphatic carbocycles. The number of hydrogen-bond acceptors (Lipinski definition) is 8. The molecule has 11 heteroatoms. The lowest BCUT2D eigenvalue weighted by Gasteiger charge is -2.29.